The van der Waals surface area contributed by atoms with E-state index in [0.717, 1.165) is 19.6 Å². The van der Waals surface area contributed by atoms with E-state index in [2.05, 4.69) is 49.2 Å². The fraction of sp³-hybridized carbons (Fsp3) is 0.769. The summed E-state index contributed by atoms with van der Waals surface area (Å²) in [7, 11) is 4.24. The third-order valence-corrected chi connectivity index (χ3v) is 3.54. The van der Waals surface area contributed by atoms with E-state index in [0.29, 0.717) is 6.04 Å². The van der Waals surface area contributed by atoms with Crippen molar-refractivity contribution in [3.05, 3.63) is 17.5 Å². The second-order valence-corrected chi connectivity index (χ2v) is 6.03. The van der Waals surface area contributed by atoms with Gasteiger partial charge in [-0.15, -0.1) is 0 Å². The van der Waals surface area contributed by atoms with Crippen LogP contribution in [0.15, 0.2) is 6.07 Å². The number of hydrogen-bond donors (Lipinski definition) is 1. The van der Waals surface area contributed by atoms with Crippen LogP contribution in [0.5, 0.6) is 0 Å². The Kier molecular flexibility index (Phi) is 3.27. The van der Waals surface area contributed by atoms with E-state index in [4.69, 9.17) is 0 Å². The highest BCUT2D eigenvalue weighted by Crippen LogP contribution is 2.26. The molecule has 0 saturated carbocycles. The van der Waals surface area contributed by atoms with E-state index in [9.17, 15) is 0 Å². The fourth-order valence-electron chi connectivity index (χ4n) is 2.30. The summed E-state index contributed by atoms with van der Waals surface area (Å²) in [6, 6.07) is 2.70. The van der Waals surface area contributed by atoms with Crippen LogP contribution in [0.1, 0.15) is 38.2 Å². The van der Waals surface area contributed by atoms with Crippen molar-refractivity contribution in [1.29, 1.82) is 0 Å². The zero-order valence-corrected chi connectivity index (χ0v) is 11.6. The summed E-state index contributed by atoms with van der Waals surface area (Å²) in [5.74, 6) is 0. The number of nitrogens with one attached hydrogen (secondary N) is 1. The summed E-state index contributed by atoms with van der Waals surface area (Å²) < 4.78 is 2.04. The van der Waals surface area contributed by atoms with Gasteiger partial charge in [0, 0.05) is 32.1 Å². The van der Waals surface area contributed by atoms with Crippen molar-refractivity contribution < 1.29 is 0 Å². The highest BCUT2D eigenvalue weighted by molar-refractivity contribution is 5.20. The quantitative estimate of drug-likeness (QED) is 0.798. The summed E-state index contributed by atoms with van der Waals surface area (Å²) >= 11 is 0. The number of hydrogen-bond acceptors (Lipinski definition) is 3. The molecule has 0 aliphatic carbocycles. The molecule has 1 aromatic rings. The molecule has 0 amide bonds. The van der Waals surface area contributed by atoms with Gasteiger partial charge in [0.25, 0.3) is 0 Å². The van der Waals surface area contributed by atoms with Gasteiger partial charge < -0.3 is 5.32 Å². The molecule has 1 aliphatic rings. The van der Waals surface area contributed by atoms with Crippen molar-refractivity contribution in [1.82, 2.24) is 20.0 Å². The van der Waals surface area contributed by atoms with Crippen LogP contribution in [-0.4, -0.2) is 41.4 Å². The molecule has 0 aromatic carbocycles. The predicted molar refractivity (Wildman–Crippen MR) is 70.1 cm³/mol. The molecule has 1 fully saturated rings. The minimum absolute atomic E-state index is 0.122. The zero-order chi connectivity index (χ0) is 12.6. The van der Waals surface area contributed by atoms with Crippen LogP contribution in [0.4, 0.5) is 0 Å². The summed E-state index contributed by atoms with van der Waals surface area (Å²) in [4.78, 5) is 2.40. The molecule has 2 heterocycles. The van der Waals surface area contributed by atoms with Crippen LogP contribution in [0, 0.1) is 0 Å². The first-order valence-corrected chi connectivity index (χ1v) is 6.35. The van der Waals surface area contributed by atoms with Crippen molar-refractivity contribution in [3.8, 4) is 0 Å². The predicted octanol–water partition coefficient (Wildman–Crippen LogP) is 1.29. The minimum Gasteiger partial charge on any atom is -0.313 e. The van der Waals surface area contributed by atoms with E-state index in [1.807, 2.05) is 11.7 Å². The van der Waals surface area contributed by atoms with E-state index in [1.165, 1.54) is 11.4 Å². The topological polar surface area (TPSA) is 33.1 Å². The second kappa shape index (κ2) is 4.42. The monoisotopic (exact) mass is 236 g/mol. The summed E-state index contributed by atoms with van der Waals surface area (Å²) in [6.07, 6.45) is 0. The van der Waals surface area contributed by atoms with Gasteiger partial charge in [-0.2, -0.15) is 5.10 Å². The fourth-order valence-corrected chi connectivity index (χ4v) is 2.30. The highest BCUT2D eigenvalue weighted by atomic mass is 15.3. The average molecular weight is 236 g/mol. The van der Waals surface area contributed by atoms with Crippen LogP contribution < -0.4 is 5.32 Å². The van der Waals surface area contributed by atoms with E-state index < -0.39 is 0 Å². The summed E-state index contributed by atoms with van der Waals surface area (Å²) in [5.41, 5.74) is 2.61. The number of likely N-dealkylation sites (N-methyl/N-ethyl adjacent to an activating group) is 1. The molecule has 0 spiro atoms. The normalized spacial score (nSPS) is 23.0. The zero-order valence-electron chi connectivity index (χ0n) is 11.6. The summed E-state index contributed by atoms with van der Waals surface area (Å²) in [6.45, 7) is 9.82. The van der Waals surface area contributed by atoms with Crippen LogP contribution >= 0.6 is 0 Å². The summed E-state index contributed by atoms with van der Waals surface area (Å²) in [5, 5.41) is 8.11. The molecule has 2 rings (SSSR count). The van der Waals surface area contributed by atoms with Gasteiger partial charge in [0.15, 0.2) is 0 Å². The van der Waals surface area contributed by atoms with Crippen molar-refractivity contribution in [3.63, 3.8) is 0 Å². The lowest BCUT2D eigenvalue weighted by Gasteiger charge is -2.32. The maximum atomic E-state index is 4.65. The third kappa shape index (κ3) is 2.53. The molecule has 0 bridgehead atoms. The van der Waals surface area contributed by atoms with Gasteiger partial charge in [-0.3, -0.25) is 9.58 Å². The van der Waals surface area contributed by atoms with Gasteiger partial charge >= 0.3 is 0 Å². The Labute approximate surface area is 104 Å². The molecular weight excluding hydrogens is 212 g/mol. The maximum absolute atomic E-state index is 4.65. The molecule has 1 saturated heterocycles. The Morgan fingerprint density at radius 1 is 1.35 bits per heavy atom. The van der Waals surface area contributed by atoms with E-state index in [-0.39, 0.29) is 5.41 Å². The first kappa shape index (κ1) is 12.6. The standard InChI is InChI=1S/C13H24N4/c1-13(2,3)12-8-10(17(5)15-12)11-9-14-6-7-16(11)4/h8,11,14H,6-7,9H2,1-5H3. The van der Waals surface area contributed by atoms with E-state index >= 15 is 0 Å². The van der Waals surface area contributed by atoms with Crippen LogP contribution in [-0.2, 0) is 12.5 Å². The Hall–Kier alpha value is -0.870. The molecule has 1 unspecified atom stereocenters. The number of aryl methyl sites for hydroxylation is 1. The molecule has 0 radical (unpaired) electrons. The molecule has 96 valence electrons. The molecule has 1 N–H and O–H groups in total. The Morgan fingerprint density at radius 2 is 2.06 bits per heavy atom. The lowest BCUT2D eigenvalue weighted by molar-refractivity contribution is 0.194. The van der Waals surface area contributed by atoms with Gasteiger partial charge in [-0.25, -0.2) is 0 Å². The van der Waals surface area contributed by atoms with Gasteiger partial charge in [0.05, 0.1) is 17.4 Å². The van der Waals surface area contributed by atoms with Crippen LogP contribution in [0.25, 0.3) is 0 Å². The largest absolute Gasteiger partial charge is 0.313 e. The molecule has 4 nitrogen and oxygen atoms in total. The van der Waals surface area contributed by atoms with Crippen molar-refractivity contribution in [2.45, 2.75) is 32.2 Å². The van der Waals surface area contributed by atoms with Crippen molar-refractivity contribution >= 4 is 0 Å². The minimum atomic E-state index is 0.122. The Morgan fingerprint density at radius 3 is 2.59 bits per heavy atom. The molecule has 1 aliphatic heterocycles. The van der Waals surface area contributed by atoms with Gasteiger partial charge in [-0.1, -0.05) is 20.8 Å². The Balaban J connectivity index is 2.29. The first-order valence-electron chi connectivity index (χ1n) is 6.35. The van der Waals surface area contributed by atoms with Crippen molar-refractivity contribution in [2.75, 3.05) is 26.7 Å². The lowest BCUT2D eigenvalue weighted by Crippen LogP contribution is -2.44. The van der Waals surface area contributed by atoms with Gasteiger partial charge in [0.1, 0.15) is 0 Å². The van der Waals surface area contributed by atoms with E-state index in [1.54, 1.807) is 0 Å². The number of rotatable bonds is 1. The molecule has 1 aromatic heterocycles. The van der Waals surface area contributed by atoms with Crippen LogP contribution in [0.2, 0.25) is 0 Å². The van der Waals surface area contributed by atoms with Gasteiger partial charge in [0.2, 0.25) is 0 Å². The number of aromatic nitrogens is 2. The first-order chi connectivity index (χ1) is 7.89. The lowest BCUT2D eigenvalue weighted by atomic mass is 9.92. The van der Waals surface area contributed by atoms with Crippen LogP contribution in [0.3, 0.4) is 0 Å². The van der Waals surface area contributed by atoms with Crippen molar-refractivity contribution in [2.24, 2.45) is 7.05 Å². The number of nitrogens with zero attached hydrogens (tertiary/aromatic N) is 3. The second-order valence-electron chi connectivity index (χ2n) is 6.03. The molecular formula is C13H24N4. The third-order valence-electron chi connectivity index (χ3n) is 3.54. The number of piperazine rings is 1. The SMILES string of the molecule is CN1CCNCC1c1cc(C(C)(C)C)nn1C. The molecule has 17 heavy (non-hydrogen) atoms. The molecule has 4 heteroatoms. The maximum Gasteiger partial charge on any atom is 0.0681 e. The highest BCUT2D eigenvalue weighted by Gasteiger charge is 2.26. The molecule has 1 atom stereocenters. The Bertz CT molecular complexity index is 389. The van der Waals surface area contributed by atoms with Gasteiger partial charge in [-0.05, 0) is 13.1 Å². The smallest absolute Gasteiger partial charge is 0.0681 e. The average Bonchev–Trinajstić information content (AvgIpc) is 2.61.